The number of nitrogens with zero attached hydrogens (tertiary/aromatic N) is 1. The Hall–Kier alpha value is -3.35. The minimum Gasteiger partial charge on any atom is -0.456 e. The van der Waals surface area contributed by atoms with Crippen LogP contribution in [0.25, 0.3) is 10.9 Å². The molecule has 0 bridgehead atoms. The number of halogens is 1. The van der Waals surface area contributed by atoms with E-state index in [1.165, 1.54) is 24.3 Å². The highest BCUT2D eigenvalue weighted by Gasteiger charge is 2.21. The van der Waals surface area contributed by atoms with Gasteiger partial charge in [0.05, 0.1) is 16.5 Å². The fourth-order valence-corrected chi connectivity index (χ4v) is 4.94. The van der Waals surface area contributed by atoms with E-state index in [0.29, 0.717) is 12.2 Å². The number of hydrogen-bond acceptors (Lipinski definition) is 5. The number of fused-ring (bicyclic) bond motifs is 1. The first-order chi connectivity index (χ1) is 15.9. The summed E-state index contributed by atoms with van der Waals surface area (Å²) < 4.78 is 34.0. The number of benzene rings is 3. The molecule has 7 nitrogen and oxygen atoms in total. The van der Waals surface area contributed by atoms with Gasteiger partial charge in [-0.2, -0.15) is 5.26 Å². The number of aromatic amines is 1. The van der Waals surface area contributed by atoms with Crippen molar-refractivity contribution in [2.75, 3.05) is 6.61 Å². The van der Waals surface area contributed by atoms with Crippen molar-refractivity contribution in [3.63, 3.8) is 0 Å². The zero-order valence-corrected chi connectivity index (χ0v) is 18.9. The van der Waals surface area contributed by atoms with Crippen molar-refractivity contribution < 1.29 is 18.3 Å². The van der Waals surface area contributed by atoms with Crippen molar-refractivity contribution in [1.29, 1.82) is 5.26 Å². The first-order valence-electron chi connectivity index (χ1n) is 10.1. The maximum atomic E-state index is 12.9. The van der Waals surface area contributed by atoms with E-state index in [9.17, 15) is 18.8 Å². The molecule has 0 aliphatic heterocycles. The summed E-state index contributed by atoms with van der Waals surface area (Å²) in [6.07, 6.45) is 2.14. The molecule has 4 aromatic rings. The van der Waals surface area contributed by atoms with Gasteiger partial charge in [-0.05, 0) is 54.4 Å². The summed E-state index contributed by atoms with van der Waals surface area (Å²) >= 11 is 6.01. The molecular formula is C24H20ClN3O4S. The molecule has 4 rings (SSSR count). The number of para-hydroxylation sites is 1. The highest BCUT2D eigenvalue weighted by atomic mass is 35.5. The van der Waals surface area contributed by atoms with Gasteiger partial charge in [0.1, 0.15) is 23.1 Å². The Kier molecular flexibility index (Phi) is 6.67. The highest BCUT2D eigenvalue weighted by Crippen LogP contribution is 2.30. The Morgan fingerprint density at radius 3 is 2.58 bits per heavy atom. The molecule has 0 spiro atoms. The van der Waals surface area contributed by atoms with Gasteiger partial charge in [0.2, 0.25) is 10.0 Å². The average Bonchev–Trinajstić information content (AvgIpc) is 3.22. The van der Waals surface area contributed by atoms with Gasteiger partial charge in [-0.1, -0.05) is 35.9 Å². The third-order valence-electron chi connectivity index (χ3n) is 5.13. The van der Waals surface area contributed by atoms with Crippen LogP contribution in [-0.2, 0) is 16.4 Å². The second kappa shape index (κ2) is 9.65. The van der Waals surface area contributed by atoms with Crippen LogP contribution in [0, 0.1) is 11.3 Å². The van der Waals surface area contributed by atoms with Gasteiger partial charge in [-0.15, -0.1) is 0 Å². The van der Waals surface area contributed by atoms with Crippen LogP contribution < -0.4 is 9.46 Å². The summed E-state index contributed by atoms with van der Waals surface area (Å²) in [5, 5.41) is 20.3. The first kappa shape index (κ1) is 22.8. The van der Waals surface area contributed by atoms with E-state index in [1.54, 1.807) is 18.2 Å². The second-order valence-electron chi connectivity index (χ2n) is 7.36. The Bertz CT molecular complexity index is 1430. The van der Waals surface area contributed by atoms with Crippen LogP contribution in [0.3, 0.4) is 0 Å². The molecule has 168 valence electrons. The number of ether oxygens (including phenoxy) is 1. The van der Waals surface area contributed by atoms with Crippen LogP contribution in [0.2, 0.25) is 5.02 Å². The Balaban J connectivity index is 1.49. The highest BCUT2D eigenvalue weighted by molar-refractivity contribution is 7.89. The van der Waals surface area contributed by atoms with E-state index in [0.717, 1.165) is 16.5 Å². The van der Waals surface area contributed by atoms with E-state index < -0.39 is 16.1 Å². The zero-order valence-electron chi connectivity index (χ0n) is 17.3. The van der Waals surface area contributed by atoms with Crippen LogP contribution in [-0.4, -0.2) is 31.2 Å². The molecule has 0 saturated heterocycles. The van der Waals surface area contributed by atoms with Crippen molar-refractivity contribution in [2.45, 2.75) is 17.4 Å². The number of aliphatic hydroxyl groups is 1. The van der Waals surface area contributed by atoms with E-state index in [1.807, 2.05) is 36.5 Å². The summed E-state index contributed by atoms with van der Waals surface area (Å²) in [5.41, 5.74) is 2.05. The minimum atomic E-state index is -3.89. The molecule has 1 unspecified atom stereocenters. The standard InChI is InChI=1S/C24H20ClN3O4S/c25-22-5-3-7-24(21(22)13-26)32-18-8-10-19(11-9-18)33(30,31)28-17(15-29)12-16-14-27-23-6-2-1-4-20(16)23/h1-11,14,17,27-29H,12,15H2. The quantitative estimate of drug-likeness (QED) is 0.345. The largest absolute Gasteiger partial charge is 0.456 e. The van der Waals surface area contributed by atoms with Crippen LogP contribution in [0.5, 0.6) is 11.5 Å². The normalized spacial score (nSPS) is 12.4. The minimum absolute atomic E-state index is 0.0267. The number of nitriles is 1. The van der Waals surface area contributed by atoms with Gasteiger partial charge in [0, 0.05) is 23.1 Å². The number of H-pyrrole nitrogens is 1. The molecule has 1 aromatic heterocycles. The predicted octanol–water partition coefficient (Wildman–Crippen LogP) is 4.37. The average molecular weight is 482 g/mol. The fourth-order valence-electron chi connectivity index (χ4n) is 3.51. The molecule has 3 N–H and O–H groups in total. The van der Waals surface area contributed by atoms with Gasteiger partial charge >= 0.3 is 0 Å². The molecule has 1 heterocycles. The summed E-state index contributed by atoms with van der Waals surface area (Å²) in [4.78, 5) is 3.18. The summed E-state index contributed by atoms with van der Waals surface area (Å²) in [6.45, 7) is -0.356. The van der Waals surface area contributed by atoms with Crippen LogP contribution >= 0.6 is 11.6 Å². The van der Waals surface area contributed by atoms with Crippen LogP contribution in [0.1, 0.15) is 11.1 Å². The molecule has 1 atom stereocenters. The van der Waals surface area contributed by atoms with Gasteiger partial charge < -0.3 is 14.8 Å². The van der Waals surface area contributed by atoms with Crippen molar-refractivity contribution in [3.05, 3.63) is 89.1 Å². The molecule has 0 saturated carbocycles. The van der Waals surface area contributed by atoms with E-state index in [-0.39, 0.29) is 27.8 Å². The van der Waals surface area contributed by atoms with Crippen LogP contribution in [0.15, 0.2) is 77.8 Å². The lowest BCUT2D eigenvalue weighted by Crippen LogP contribution is -2.39. The lowest BCUT2D eigenvalue weighted by atomic mass is 10.1. The molecular weight excluding hydrogens is 462 g/mol. The van der Waals surface area contributed by atoms with Gasteiger partial charge in [0.25, 0.3) is 0 Å². The van der Waals surface area contributed by atoms with Gasteiger partial charge in [0.15, 0.2) is 0 Å². The number of sulfonamides is 1. The summed E-state index contributed by atoms with van der Waals surface area (Å²) in [6, 6.07) is 19.6. The van der Waals surface area contributed by atoms with Gasteiger partial charge in [-0.3, -0.25) is 0 Å². The molecule has 0 radical (unpaired) electrons. The Morgan fingerprint density at radius 2 is 1.85 bits per heavy atom. The van der Waals surface area contributed by atoms with E-state index in [2.05, 4.69) is 9.71 Å². The number of rotatable bonds is 8. The first-order valence-corrected chi connectivity index (χ1v) is 11.9. The maximum Gasteiger partial charge on any atom is 0.240 e. The molecule has 0 amide bonds. The third-order valence-corrected chi connectivity index (χ3v) is 6.98. The number of nitrogens with one attached hydrogen (secondary N) is 2. The Morgan fingerprint density at radius 1 is 1.09 bits per heavy atom. The second-order valence-corrected chi connectivity index (χ2v) is 9.48. The number of hydrogen-bond donors (Lipinski definition) is 3. The van der Waals surface area contributed by atoms with Crippen molar-refractivity contribution in [1.82, 2.24) is 9.71 Å². The molecule has 0 aliphatic rings. The summed E-state index contributed by atoms with van der Waals surface area (Å²) in [5.74, 6) is 0.628. The predicted molar refractivity (Wildman–Crippen MR) is 126 cm³/mol. The van der Waals surface area contributed by atoms with Crippen molar-refractivity contribution in [2.24, 2.45) is 0 Å². The number of aliphatic hydroxyl groups excluding tert-OH is 1. The summed E-state index contributed by atoms with van der Waals surface area (Å²) in [7, 11) is -3.89. The molecule has 0 aliphatic carbocycles. The van der Waals surface area contributed by atoms with Crippen molar-refractivity contribution >= 4 is 32.5 Å². The molecule has 9 heteroatoms. The topological polar surface area (TPSA) is 115 Å². The smallest absolute Gasteiger partial charge is 0.240 e. The van der Waals surface area contributed by atoms with Gasteiger partial charge in [-0.25, -0.2) is 13.1 Å². The fraction of sp³-hybridized carbons (Fsp3) is 0.125. The van der Waals surface area contributed by atoms with E-state index in [4.69, 9.17) is 16.3 Å². The zero-order chi connectivity index (χ0) is 23.4. The monoisotopic (exact) mass is 481 g/mol. The molecule has 33 heavy (non-hydrogen) atoms. The lowest BCUT2D eigenvalue weighted by molar-refractivity contribution is 0.256. The SMILES string of the molecule is N#Cc1c(Cl)cccc1Oc1ccc(S(=O)(=O)NC(CO)Cc2c[nH]c3ccccc23)cc1. The van der Waals surface area contributed by atoms with Crippen LogP contribution in [0.4, 0.5) is 0 Å². The maximum absolute atomic E-state index is 12.9. The number of aromatic nitrogens is 1. The Labute approximate surface area is 196 Å². The van der Waals surface area contributed by atoms with Crippen molar-refractivity contribution in [3.8, 4) is 17.6 Å². The third kappa shape index (κ3) is 5.02. The molecule has 3 aromatic carbocycles. The van der Waals surface area contributed by atoms with E-state index >= 15 is 0 Å². The molecule has 0 fully saturated rings. The lowest BCUT2D eigenvalue weighted by Gasteiger charge is -2.16.